The van der Waals surface area contributed by atoms with Crippen LogP contribution in [0.1, 0.15) is 56.8 Å². The zero-order valence-electron chi connectivity index (χ0n) is 26.1. The van der Waals surface area contributed by atoms with Crippen LogP contribution in [0.3, 0.4) is 0 Å². The summed E-state index contributed by atoms with van der Waals surface area (Å²) in [4.78, 5) is 70.7. The predicted octanol–water partition coefficient (Wildman–Crippen LogP) is 3.27. The van der Waals surface area contributed by atoms with Crippen LogP contribution in [0.15, 0.2) is 54.6 Å². The van der Waals surface area contributed by atoms with Gasteiger partial charge in [0.05, 0.1) is 22.8 Å². The minimum atomic E-state index is -1.01. The van der Waals surface area contributed by atoms with Crippen LogP contribution >= 0.6 is 11.3 Å². The molecule has 1 fully saturated rings. The molecule has 4 amide bonds. The molecule has 12 heteroatoms. The van der Waals surface area contributed by atoms with Crippen LogP contribution in [-0.2, 0) is 19.2 Å². The standard InChI is InChI=1S/C33H42N6O5S/c1-19(2)16-25(37-32(44)28(20(3)4)39-27(40)18-35-22-10-6-5-7-11-22)31(43)36-24(17-21-14-15-34-30(21)42)29(41)33-38-23-12-8-9-13-26(23)45-33/h5-13,19-21,24-25,28,35H,14-18H2,1-4H3,(H,34,42)(H,36,43)(H,37,44)(H,39,40)/t21-,24-,25-,28-/m0/s1. The van der Waals surface area contributed by atoms with Crippen molar-refractivity contribution in [2.75, 3.05) is 18.4 Å². The number of rotatable bonds is 15. The van der Waals surface area contributed by atoms with Crippen LogP contribution in [0.4, 0.5) is 5.69 Å². The summed E-state index contributed by atoms with van der Waals surface area (Å²) in [5, 5.41) is 14.5. The third-order valence-corrected chi connectivity index (χ3v) is 8.70. The third-order valence-electron chi connectivity index (χ3n) is 7.65. The number of ketones is 1. The molecule has 0 aliphatic carbocycles. The van der Waals surface area contributed by atoms with Crippen molar-refractivity contribution in [1.82, 2.24) is 26.3 Å². The first-order valence-electron chi connectivity index (χ1n) is 15.4. The highest BCUT2D eigenvalue weighted by molar-refractivity contribution is 7.20. The zero-order valence-corrected chi connectivity index (χ0v) is 26.9. The van der Waals surface area contributed by atoms with Gasteiger partial charge >= 0.3 is 0 Å². The van der Waals surface area contributed by atoms with Crippen molar-refractivity contribution < 1.29 is 24.0 Å². The zero-order chi connectivity index (χ0) is 32.5. The monoisotopic (exact) mass is 634 g/mol. The Bertz CT molecular complexity index is 1470. The first-order chi connectivity index (χ1) is 21.5. The van der Waals surface area contributed by atoms with E-state index in [0.717, 1.165) is 10.4 Å². The van der Waals surface area contributed by atoms with Gasteiger partial charge in [-0.15, -0.1) is 11.3 Å². The maximum Gasteiger partial charge on any atom is 0.243 e. The third kappa shape index (κ3) is 9.34. The van der Waals surface area contributed by atoms with Crippen molar-refractivity contribution in [2.24, 2.45) is 17.8 Å². The van der Waals surface area contributed by atoms with Crippen molar-refractivity contribution in [3.63, 3.8) is 0 Å². The molecule has 0 radical (unpaired) electrons. The van der Waals surface area contributed by atoms with Crippen molar-refractivity contribution in [3.8, 4) is 0 Å². The van der Waals surface area contributed by atoms with Gasteiger partial charge in [0.2, 0.25) is 29.4 Å². The number of nitrogens with zero attached hydrogens (tertiary/aromatic N) is 1. The van der Waals surface area contributed by atoms with E-state index in [1.165, 1.54) is 11.3 Å². The number of nitrogens with one attached hydrogen (secondary N) is 5. The number of Topliss-reactive ketones (excluding diaryl/α,β-unsaturated/α-hetero) is 1. The van der Waals surface area contributed by atoms with Crippen LogP contribution in [0.2, 0.25) is 0 Å². The molecule has 0 saturated carbocycles. The van der Waals surface area contributed by atoms with Crippen LogP contribution in [0.25, 0.3) is 10.2 Å². The number of benzene rings is 2. The SMILES string of the molecule is CC(C)C[C@H](NC(=O)[C@@H](NC(=O)CNc1ccccc1)C(C)C)C(=O)N[C@@H](C[C@@H]1CCNC1=O)C(=O)c1nc2ccccc2s1. The van der Waals surface area contributed by atoms with Crippen LogP contribution in [-0.4, -0.2) is 65.6 Å². The number of para-hydroxylation sites is 2. The lowest BCUT2D eigenvalue weighted by atomic mass is 9.94. The van der Waals surface area contributed by atoms with Crippen LogP contribution in [0.5, 0.6) is 0 Å². The summed E-state index contributed by atoms with van der Waals surface area (Å²) in [7, 11) is 0. The Morgan fingerprint density at radius 1 is 0.911 bits per heavy atom. The van der Waals surface area contributed by atoms with Gasteiger partial charge < -0.3 is 26.6 Å². The maximum atomic E-state index is 13.8. The fourth-order valence-electron chi connectivity index (χ4n) is 5.25. The molecular weight excluding hydrogens is 592 g/mol. The first-order valence-corrected chi connectivity index (χ1v) is 16.2. The number of thiazole rings is 1. The molecule has 5 N–H and O–H groups in total. The van der Waals surface area contributed by atoms with E-state index in [9.17, 15) is 24.0 Å². The lowest BCUT2D eigenvalue weighted by Crippen LogP contribution is -2.57. The van der Waals surface area contributed by atoms with Gasteiger partial charge in [-0.3, -0.25) is 24.0 Å². The molecule has 1 aliphatic rings. The summed E-state index contributed by atoms with van der Waals surface area (Å²) in [6.45, 7) is 7.96. The van der Waals surface area contributed by atoms with Gasteiger partial charge in [-0.2, -0.15) is 0 Å². The second-order valence-corrected chi connectivity index (χ2v) is 13.2. The topological polar surface area (TPSA) is 158 Å². The second kappa shape index (κ2) is 15.6. The molecule has 2 aromatic carbocycles. The van der Waals surface area contributed by atoms with Gasteiger partial charge in [-0.05, 0) is 55.4 Å². The van der Waals surface area contributed by atoms with Gasteiger partial charge in [0.15, 0.2) is 5.01 Å². The first kappa shape index (κ1) is 33.6. The molecule has 1 aromatic heterocycles. The minimum Gasteiger partial charge on any atom is -0.376 e. The average molecular weight is 635 g/mol. The summed E-state index contributed by atoms with van der Waals surface area (Å²) in [6.07, 6.45) is 0.977. The van der Waals surface area contributed by atoms with Crippen molar-refractivity contribution in [1.29, 1.82) is 0 Å². The molecular formula is C33H42N6O5S. The molecule has 0 unspecified atom stereocenters. The summed E-state index contributed by atoms with van der Waals surface area (Å²) in [5.74, 6) is -2.60. The van der Waals surface area contributed by atoms with E-state index in [1.54, 1.807) is 0 Å². The molecule has 45 heavy (non-hydrogen) atoms. The van der Waals surface area contributed by atoms with E-state index in [2.05, 4.69) is 31.6 Å². The Morgan fingerprint density at radius 2 is 1.60 bits per heavy atom. The second-order valence-electron chi connectivity index (χ2n) is 12.1. The van der Waals surface area contributed by atoms with Gasteiger partial charge in [0.25, 0.3) is 0 Å². The summed E-state index contributed by atoms with van der Waals surface area (Å²) >= 11 is 1.24. The largest absolute Gasteiger partial charge is 0.376 e. The highest BCUT2D eigenvalue weighted by Crippen LogP contribution is 2.25. The van der Waals surface area contributed by atoms with E-state index >= 15 is 0 Å². The molecule has 240 valence electrons. The number of hydrogen-bond acceptors (Lipinski definition) is 8. The number of fused-ring (bicyclic) bond motifs is 1. The molecule has 11 nitrogen and oxygen atoms in total. The van der Waals surface area contributed by atoms with E-state index in [-0.39, 0.29) is 47.4 Å². The van der Waals surface area contributed by atoms with E-state index in [4.69, 9.17) is 0 Å². The fraction of sp³-hybridized carbons (Fsp3) is 0.455. The Labute approximate surface area is 267 Å². The maximum absolute atomic E-state index is 13.8. The summed E-state index contributed by atoms with van der Waals surface area (Å²) in [6, 6.07) is 13.8. The average Bonchev–Trinajstić information content (AvgIpc) is 3.63. The van der Waals surface area contributed by atoms with Crippen molar-refractivity contribution in [3.05, 3.63) is 59.6 Å². The van der Waals surface area contributed by atoms with E-state index in [1.807, 2.05) is 82.3 Å². The molecule has 0 spiro atoms. The summed E-state index contributed by atoms with van der Waals surface area (Å²) < 4.78 is 0.843. The Hall–Kier alpha value is -4.32. The van der Waals surface area contributed by atoms with Crippen LogP contribution < -0.4 is 26.6 Å². The van der Waals surface area contributed by atoms with E-state index in [0.29, 0.717) is 24.9 Å². The molecule has 4 rings (SSSR count). The number of hydrogen-bond donors (Lipinski definition) is 5. The predicted molar refractivity (Wildman–Crippen MR) is 175 cm³/mol. The molecule has 3 aromatic rings. The molecule has 1 aliphatic heterocycles. The quantitative estimate of drug-likeness (QED) is 0.161. The normalized spacial score (nSPS) is 16.6. The highest BCUT2D eigenvalue weighted by atomic mass is 32.1. The molecule has 2 heterocycles. The number of anilines is 1. The highest BCUT2D eigenvalue weighted by Gasteiger charge is 2.35. The Kier molecular flexibility index (Phi) is 11.6. The number of carbonyl (C=O) groups is 5. The molecule has 1 saturated heterocycles. The molecule has 4 atom stereocenters. The van der Waals surface area contributed by atoms with Gasteiger partial charge in [0, 0.05) is 18.2 Å². The smallest absolute Gasteiger partial charge is 0.243 e. The Balaban J connectivity index is 1.48. The number of amides is 4. The Morgan fingerprint density at radius 3 is 2.24 bits per heavy atom. The number of aromatic nitrogens is 1. The fourth-order valence-corrected chi connectivity index (χ4v) is 6.21. The van der Waals surface area contributed by atoms with Gasteiger partial charge in [-0.1, -0.05) is 58.0 Å². The van der Waals surface area contributed by atoms with E-state index < -0.39 is 35.9 Å². The minimum absolute atomic E-state index is 0.0271. The summed E-state index contributed by atoms with van der Waals surface area (Å²) in [5.41, 5.74) is 1.46. The van der Waals surface area contributed by atoms with Crippen LogP contribution in [0, 0.1) is 17.8 Å². The van der Waals surface area contributed by atoms with Gasteiger partial charge in [-0.25, -0.2) is 4.98 Å². The van der Waals surface area contributed by atoms with Crippen molar-refractivity contribution in [2.45, 2.75) is 65.1 Å². The number of carbonyl (C=O) groups excluding carboxylic acids is 5. The van der Waals surface area contributed by atoms with Crippen molar-refractivity contribution >= 4 is 56.7 Å². The van der Waals surface area contributed by atoms with Gasteiger partial charge in [0.1, 0.15) is 12.1 Å². The lowest BCUT2D eigenvalue weighted by Gasteiger charge is -2.27. The lowest BCUT2D eigenvalue weighted by molar-refractivity contribution is -0.133. The molecule has 0 bridgehead atoms.